The van der Waals surface area contributed by atoms with Gasteiger partial charge in [0.15, 0.2) is 0 Å². The van der Waals surface area contributed by atoms with Crippen LogP contribution in [0.2, 0.25) is 0 Å². The number of amides is 1. The molecule has 0 aliphatic carbocycles. The molecule has 2 N–H and O–H groups in total. The van der Waals surface area contributed by atoms with Crippen LogP contribution < -0.4 is 10.0 Å². The second-order valence-electron chi connectivity index (χ2n) is 8.68. The number of nitrogens with one attached hydrogen (secondary N) is 2. The van der Waals surface area contributed by atoms with Crippen molar-refractivity contribution in [1.29, 1.82) is 0 Å². The van der Waals surface area contributed by atoms with Crippen LogP contribution in [-0.4, -0.2) is 24.1 Å². The number of carbonyl (C=O) groups excluding carboxylic acids is 1. The van der Waals surface area contributed by atoms with Crippen LogP contribution in [0.25, 0.3) is 5.69 Å². The van der Waals surface area contributed by atoms with E-state index < -0.39 is 10.0 Å². The van der Waals surface area contributed by atoms with Gasteiger partial charge in [-0.2, -0.15) is 5.10 Å². The number of carbonyl (C=O) groups is 1. The van der Waals surface area contributed by atoms with Gasteiger partial charge in [0.25, 0.3) is 15.9 Å². The van der Waals surface area contributed by atoms with Gasteiger partial charge in [0.05, 0.1) is 27.7 Å². The number of aromatic nitrogens is 2. The Morgan fingerprint density at radius 1 is 0.829 bits per heavy atom. The van der Waals surface area contributed by atoms with Gasteiger partial charge in [0.1, 0.15) is 0 Å². The van der Waals surface area contributed by atoms with Gasteiger partial charge in [0.2, 0.25) is 0 Å². The van der Waals surface area contributed by atoms with Gasteiger partial charge in [-0.05, 0) is 94.3 Å². The lowest BCUT2D eigenvalue weighted by Crippen LogP contribution is -2.15. The Morgan fingerprint density at radius 3 is 2.11 bits per heavy atom. The van der Waals surface area contributed by atoms with E-state index in [1.165, 1.54) is 24.3 Å². The lowest BCUT2D eigenvalue weighted by Gasteiger charge is -2.11. The fourth-order valence-electron chi connectivity index (χ4n) is 3.75. The molecule has 0 atom stereocenters. The molecule has 3 aromatic carbocycles. The highest BCUT2D eigenvalue weighted by atomic mass is 32.2. The number of aryl methyl sites for hydroxylation is 4. The fourth-order valence-corrected chi connectivity index (χ4v) is 4.80. The average Bonchev–Trinajstić information content (AvgIpc) is 3.10. The van der Waals surface area contributed by atoms with Crippen LogP contribution in [0, 0.1) is 34.6 Å². The van der Waals surface area contributed by atoms with E-state index in [9.17, 15) is 13.2 Å². The minimum absolute atomic E-state index is 0.0758. The molecule has 0 aliphatic heterocycles. The third-order valence-electron chi connectivity index (χ3n) is 5.99. The second-order valence-corrected chi connectivity index (χ2v) is 10.4. The Hall–Kier alpha value is -3.91. The van der Waals surface area contributed by atoms with E-state index in [1.54, 1.807) is 16.8 Å². The molecule has 1 heterocycles. The third-order valence-corrected chi connectivity index (χ3v) is 7.39. The van der Waals surface area contributed by atoms with E-state index in [0.29, 0.717) is 22.6 Å². The van der Waals surface area contributed by atoms with Gasteiger partial charge in [-0.1, -0.05) is 23.8 Å². The number of hydrogen-bond donors (Lipinski definition) is 2. The lowest BCUT2D eigenvalue weighted by molar-refractivity contribution is 0.102. The van der Waals surface area contributed by atoms with Crippen molar-refractivity contribution in [3.8, 4) is 5.69 Å². The van der Waals surface area contributed by atoms with E-state index in [2.05, 4.69) is 15.1 Å². The van der Waals surface area contributed by atoms with Crippen molar-refractivity contribution in [2.75, 3.05) is 10.0 Å². The number of anilines is 2. The van der Waals surface area contributed by atoms with Crippen molar-refractivity contribution >= 4 is 27.3 Å². The molecule has 1 amide bonds. The third kappa shape index (κ3) is 5.12. The lowest BCUT2D eigenvalue weighted by atomic mass is 10.1. The minimum Gasteiger partial charge on any atom is -0.319 e. The maximum atomic E-state index is 12.9. The summed E-state index contributed by atoms with van der Waals surface area (Å²) in [5.41, 5.74) is 7.09. The minimum atomic E-state index is -3.78. The molecule has 4 aromatic rings. The summed E-state index contributed by atoms with van der Waals surface area (Å²) in [6, 6.07) is 19.2. The quantitative estimate of drug-likeness (QED) is 0.376. The summed E-state index contributed by atoms with van der Waals surface area (Å²) in [4.78, 5) is 13.0. The first-order valence-electron chi connectivity index (χ1n) is 11.2. The van der Waals surface area contributed by atoms with Crippen LogP contribution in [0.4, 0.5) is 11.4 Å². The zero-order valence-corrected chi connectivity index (χ0v) is 21.2. The Morgan fingerprint density at radius 2 is 1.49 bits per heavy atom. The van der Waals surface area contributed by atoms with Crippen molar-refractivity contribution in [2.45, 2.75) is 39.5 Å². The largest absolute Gasteiger partial charge is 0.319 e. The first-order valence-corrected chi connectivity index (χ1v) is 12.7. The smallest absolute Gasteiger partial charge is 0.261 e. The predicted molar refractivity (Wildman–Crippen MR) is 139 cm³/mol. The number of rotatable bonds is 6. The molecule has 0 bridgehead atoms. The molecule has 0 saturated heterocycles. The van der Waals surface area contributed by atoms with E-state index >= 15 is 0 Å². The van der Waals surface area contributed by atoms with E-state index in [-0.39, 0.29) is 10.8 Å². The molecule has 0 unspecified atom stereocenters. The zero-order valence-electron chi connectivity index (χ0n) is 20.4. The summed E-state index contributed by atoms with van der Waals surface area (Å²) in [7, 11) is -3.78. The summed E-state index contributed by atoms with van der Waals surface area (Å²) in [6.45, 7) is 9.64. The highest BCUT2D eigenvalue weighted by Gasteiger charge is 2.18. The fraction of sp³-hybridized carbons (Fsp3) is 0.185. The summed E-state index contributed by atoms with van der Waals surface area (Å²) in [5.74, 6) is -0.342. The number of nitrogens with zero attached hydrogens (tertiary/aromatic N) is 2. The molecule has 1 aromatic heterocycles. The summed E-state index contributed by atoms with van der Waals surface area (Å²) < 4.78 is 30.0. The van der Waals surface area contributed by atoms with Crippen LogP contribution in [0.5, 0.6) is 0 Å². The van der Waals surface area contributed by atoms with Crippen molar-refractivity contribution in [2.24, 2.45) is 0 Å². The first-order chi connectivity index (χ1) is 16.5. The summed E-state index contributed by atoms with van der Waals surface area (Å²) in [5, 5.41) is 7.49. The van der Waals surface area contributed by atoms with Crippen LogP contribution in [0.1, 0.15) is 38.4 Å². The average molecular weight is 489 g/mol. The molecular formula is C27H28N4O3S. The molecule has 4 rings (SSSR count). The maximum Gasteiger partial charge on any atom is 0.261 e. The van der Waals surface area contributed by atoms with Gasteiger partial charge in [-0.3, -0.25) is 9.52 Å². The van der Waals surface area contributed by atoms with E-state index in [4.69, 9.17) is 0 Å². The molecule has 0 saturated carbocycles. The van der Waals surface area contributed by atoms with Crippen molar-refractivity contribution in [3.63, 3.8) is 0 Å². The predicted octanol–water partition coefficient (Wildman–Crippen LogP) is 5.47. The van der Waals surface area contributed by atoms with Gasteiger partial charge in [-0.15, -0.1) is 0 Å². The normalized spacial score (nSPS) is 11.3. The van der Waals surface area contributed by atoms with Crippen LogP contribution in [0.15, 0.2) is 71.6 Å². The summed E-state index contributed by atoms with van der Waals surface area (Å²) >= 11 is 0. The number of hydrogen-bond acceptors (Lipinski definition) is 4. The molecule has 0 spiro atoms. The monoisotopic (exact) mass is 488 g/mol. The Labute approximate surface area is 205 Å². The Kier molecular flexibility index (Phi) is 6.49. The Balaban J connectivity index is 1.51. The van der Waals surface area contributed by atoms with Crippen molar-refractivity contribution in [1.82, 2.24) is 9.78 Å². The first kappa shape index (κ1) is 24.2. The zero-order chi connectivity index (χ0) is 25.3. The molecule has 35 heavy (non-hydrogen) atoms. The van der Waals surface area contributed by atoms with E-state index in [1.807, 2.05) is 65.0 Å². The SMILES string of the molecule is Cc1ccc(-n2nc(C)c(NC(=O)c3ccc(S(=O)(=O)Nc4ccc(C)c(C)c4)cc3)c2C)cc1. The van der Waals surface area contributed by atoms with Gasteiger partial charge in [-0.25, -0.2) is 13.1 Å². The molecule has 8 heteroatoms. The number of sulfonamides is 1. The van der Waals surface area contributed by atoms with Gasteiger partial charge in [0, 0.05) is 11.3 Å². The standard InChI is InChI=1S/C27H28N4O3S/c1-17-6-12-24(13-7-17)31-21(5)26(20(4)29-31)28-27(32)22-9-14-25(15-10-22)35(33,34)30-23-11-8-18(2)19(3)16-23/h6-16,30H,1-5H3,(H,28,32). The molecule has 180 valence electrons. The number of benzene rings is 3. The van der Waals surface area contributed by atoms with Crippen LogP contribution in [-0.2, 0) is 10.0 Å². The molecule has 0 aliphatic rings. The topological polar surface area (TPSA) is 93.1 Å². The van der Waals surface area contributed by atoms with Crippen molar-refractivity contribution < 1.29 is 13.2 Å². The van der Waals surface area contributed by atoms with Crippen LogP contribution in [0.3, 0.4) is 0 Å². The van der Waals surface area contributed by atoms with Crippen molar-refractivity contribution in [3.05, 3.63) is 100 Å². The maximum absolute atomic E-state index is 12.9. The molecule has 0 fully saturated rings. The summed E-state index contributed by atoms with van der Waals surface area (Å²) in [6.07, 6.45) is 0. The molecule has 7 nitrogen and oxygen atoms in total. The molecular weight excluding hydrogens is 460 g/mol. The highest BCUT2D eigenvalue weighted by Crippen LogP contribution is 2.24. The van der Waals surface area contributed by atoms with E-state index in [0.717, 1.165) is 28.1 Å². The van der Waals surface area contributed by atoms with Crippen LogP contribution >= 0.6 is 0 Å². The van der Waals surface area contributed by atoms with Gasteiger partial charge < -0.3 is 5.32 Å². The van der Waals surface area contributed by atoms with Gasteiger partial charge >= 0.3 is 0 Å². The Bertz CT molecular complexity index is 1500. The highest BCUT2D eigenvalue weighted by molar-refractivity contribution is 7.92. The second kappa shape index (κ2) is 9.38. The molecule has 0 radical (unpaired) electrons.